The van der Waals surface area contributed by atoms with Gasteiger partial charge in [0.25, 0.3) is 23.6 Å². The molecule has 3 aromatic heterocycles. The molecule has 113 heavy (non-hydrogen) atoms. The van der Waals surface area contributed by atoms with E-state index in [-0.39, 0.29) is 65.8 Å². The van der Waals surface area contributed by atoms with E-state index >= 15 is 0 Å². The van der Waals surface area contributed by atoms with Gasteiger partial charge < -0.3 is 28.8 Å². The molecule has 2 saturated heterocycles. The number of aryl methyl sites for hydroxylation is 4. The van der Waals surface area contributed by atoms with Gasteiger partial charge in [0.2, 0.25) is 0 Å². The average molecular weight is 1570 g/mol. The summed E-state index contributed by atoms with van der Waals surface area (Å²) in [6.07, 6.45) is 20.9. The van der Waals surface area contributed by atoms with E-state index in [9.17, 15) is 19.2 Å². The standard InChI is InChI=1S/C97H115BN6O8.Zn/c1-17-21-25-29-33-68-58(5)86-82(62-37-39-64(40-38-62)94-109-56-97(15,16)57-110-94)87-59(6)69(34-30-26-22-18-2)78(100-87)53-80-71(36-32-28-24-20-4)61(8)89(102-80)83(88-60(7)70(35-31-27-23-19-3)79(101-88)52-77(68)99-86)63-41-44-66(45-42-63)98-111-54-67(55-112-98)103-90(105)72-46-48-74-85-75(49-47-73(84(72)85)91(103)106)93(108)104(92(74)107)81-51-65(95(9,10)11)43-50-76(81)96(12,13)14;/h37-53,67,94H,17-36,54-57H2,1-16H3;/q-2;+2. The number of rotatable bonds is 26. The summed E-state index contributed by atoms with van der Waals surface area (Å²) in [6.45, 7) is 36.4. The molecule has 586 valence electrons. The molecule has 14 nitrogen and oxygen atoms in total. The average Bonchev–Trinajstić information content (AvgIpc) is 1.50. The van der Waals surface area contributed by atoms with Gasteiger partial charge in [-0.3, -0.25) is 24.1 Å². The van der Waals surface area contributed by atoms with Gasteiger partial charge in [-0.15, -0.1) is 22.1 Å². The fraction of sp³-hybridized carbons (Fsp3) is 0.464. The molecule has 6 aliphatic rings. The molecular weight excluding hydrogens is 1450 g/mol. The predicted molar refractivity (Wildman–Crippen MR) is 456 cm³/mol. The van der Waals surface area contributed by atoms with Crippen molar-refractivity contribution in [2.24, 2.45) is 5.41 Å². The molecule has 5 aromatic carbocycles. The van der Waals surface area contributed by atoms with Crippen LogP contribution in [0.2, 0.25) is 0 Å². The summed E-state index contributed by atoms with van der Waals surface area (Å²) in [5, 5.41) is 0.629. The first kappa shape index (κ1) is 82.7. The van der Waals surface area contributed by atoms with Crippen LogP contribution in [0.1, 0.15) is 322 Å². The van der Waals surface area contributed by atoms with Gasteiger partial charge in [-0.25, -0.2) is 14.9 Å². The van der Waals surface area contributed by atoms with Crippen LogP contribution < -0.4 is 20.3 Å². The van der Waals surface area contributed by atoms with E-state index in [0.717, 1.165) is 216 Å². The topological polar surface area (TPSA) is 166 Å². The quantitative estimate of drug-likeness (QED) is 0.0287. The number of aromatic nitrogens is 4. The Labute approximate surface area is 683 Å². The molecule has 4 amide bonds. The molecule has 2 fully saturated rings. The first-order chi connectivity index (χ1) is 53.7. The van der Waals surface area contributed by atoms with E-state index in [2.05, 4.69) is 178 Å². The van der Waals surface area contributed by atoms with Gasteiger partial charge in [0.1, 0.15) is 0 Å². The zero-order chi connectivity index (χ0) is 79.2. The number of anilines is 1. The van der Waals surface area contributed by atoms with Gasteiger partial charge in [0, 0.05) is 49.6 Å². The first-order valence-electron chi connectivity index (χ1n) is 42.0. The van der Waals surface area contributed by atoms with Crippen LogP contribution in [-0.4, -0.2) is 78.1 Å². The summed E-state index contributed by atoms with van der Waals surface area (Å²) in [7, 11) is -0.813. The van der Waals surface area contributed by atoms with Crippen LogP contribution in [0.5, 0.6) is 0 Å². The second-order valence-electron chi connectivity index (χ2n) is 35.3. The molecule has 0 unspecified atom stereocenters. The zero-order valence-electron chi connectivity index (χ0n) is 70.2. The van der Waals surface area contributed by atoms with Crippen molar-refractivity contribution in [3.05, 3.63) is 187 Å². The molecule has 9 heterocycles. The molecule has 14 rings (SSSR count). The minimum Gasteiger partial charge on any atom is -0.657 e. The first-order valence-corrected chi connectivity index (χ1v) is 42.0. The van der Waals surface area contributed by atoms with Crippen molar-refractivity contribution < 1.29 is 57.4 Å². The minimum atomic E-state index is -0.813. The Hall–Kier alpha value is -8.23. The SMILES string of the molecule is CCCCCCC1=C(C)c2nc1cc1[n-]c(c(C)c1CCCCCC)c(-c1ccc(B3OCC(N4C(=O)c5ccc6c7c(ccc(c57)C4=O)C(=O)N(c4cc(C(C)(C)C)ccc4C(C)(C)C)C6=O)CO3)cc1)c1[n-]c(cc3nc(c2-c2ccc(C4OCC(C)(C)CO4)cc2)C(C)=C3CCCCCC)c(CCCCCC)c1C.[Zn+2]. The second kappa shape index (κ2) is 34.3. The Morgan fingerprint density at radius 1 is 0.496 bits per heavy atom. The molecule has 8 aromatic rings. The monoisotopic (exact) mass is 1570 g/mol. The van der Waals surface area contributed by atoms with E-state index in [1.54, 1.807) is 24.3 Å². The smallest absolute Gasteiger partial charge is 0.657 e. The fourth-order valence-electron chi connectivity index (χ4n) is 17.7. The van der Waals surface area contributed by atoms with Gasteiger partial charge in [-0.1, -0.05) is 255 Å². The third kappa shape index (κ3) is 16.3. The van der Waals surface area contributed by atoms with Gasteiger partial charge in [-0.2, -0.15) is 0 Å². The van der Waals surface area contributed by atoms with Crippen molar-refractivity contribution >= 4 is 97.0 Å². The van der Waals surface area contributed by atoms with Crippen LogP contribution in [0.25, 0.3) is 77.4 Å². The van der Waals surface area contributed by atoms with Gasteiger partial charge in [0.15, 0.2) is 6.29 Å². The predicted octanol–water partition coefficient (Wildman–Crippen LogP) is 22.6. The molecular formula is C97H115BN6O8Zn. The summed E-state index contributed by atoms with van der Waals surface area (Å²) in [5.74, 6) is -2.08. The maximum absolute atomic E-state index is 15.0. The summed E-state index contributed by atoms with van der Waals surface area (Å²) in [6, 6.07) is 33.7. The molecule has 0 saturated carbocycles. The summed E-state index contributed by atoms with van der Waals surface area (Å²) >= 11 is 0. The normalized spacial score (nSPS) is 16.3. The number of imide groups is 2. The van der Waals surface area contributed by atoms with E-state index in [0.29, 0.717) is 29.7 Å². The van der Waals surface area contributed by atoms with Crippen LogP contribution in [-0.2, 0) is 61.9 Å². The Bertz CT molecular complexity index is 5010. The van der Waals surface area contributed by atoms with Crippen LogP contribution in [0.15, 0.2) is 103 Å². The molecule has 16 heteroatoms. The Morgan fingerprint density at radius 2 is 0.920 bits per heavy atom. The second-order valence-corrected chi connectivity index (χ2v) is 35.3. The molecule has 0 atom stereocenters. The molecule has 0 N–H and O–H groups in total. The Morgan fingerprint density at radius 3 is 1.35 bits per heavy atom. The molecule has 8 bridgehead atoms. The van der Waals surface area contributed by atoms with E-state index in [1.165, 1.54) is 56.1 Å². The summed E-state index contributed by atoms with van der Waals surface area (Å²) < 4.78 is 26.0. The van der Waals surface area contributed by atoms with E-state index in [1.807, 2.05) is 12.1 Å². The molecule has 0 radical (unpaired) electrons. The van der Waals surface area contributed by atoms with Crippen molar-refractivity contribution in [1.29, 1.82) is 0 Å². The van der Waals surface area contributed by atoms with Gasteiger partial charge in [0.05, 0.1) is 60.9 Å². The number of carbonyl (C=O) groups is 4. The maximum atomic E-state index is 15.0. The third-order valence-electron chi connectivity index (χ3n) is 24.3. The largest absolute Gasteiger partial charge is 2.00 e. The number of carbonyl (C=O) groups excluding carboxylic acids is 4. The number of hydrogen-bond donors (Lipinski definition) is 0. The van der Waals surface area contributed by atoms with Crippen molar-refractivity contribution in [3.8, 4) is 22.3 Å². The Balaban J connectivity index is 0.0000112. The number of unbranched alkanes of at least 4 members (excludes halogenated alkanes) is 12. The number of amides is 4. The van der Waals surface area contributed by atoms with Crippen molar-refractivity contribution in [2.75, 3.05) is 31.3 Å². The van der Waals surface area contributed by atoms with E-state index in [4.69, 9.17) is 38.7 Å². The van der Waals surface area contributed by atoms with Crippen LogP contribution in [0, 0.1) is 19.3 Å². The number of hydrogen-bond acceptors (Lipinski definition) is 10. The number of nitrogens with zero attached hydrogens (tertiary/aromatic N) is 6. The number of allylic oxidation sites excluding steroid dienone is 4. The van der Waals surface area contributed by atoms with Crippen molar-refractivity contribution in [2.45, 2.75) is 262 Å². The summed E-state index contributed by atoms with van der Waals surface area (Å²) in [4.78, 5) is 85.9. The van der Waals surface area contributed by atoms with Gasteiger partial charge >= 0.3 is 26.6 Å². The van der Waals surface area contributed by atoms with Crippen molar-refractivity contribution in [1.82, 2.24) is 24.8 Å². The molecule has 6 aliphatic heterocycles. The zero-order valence-corrected chi connectivity index (χ0v) is 73.1. The number of ether oxygens (including phenoxy) is 2. The number of fused-ring (bicyclic) bond motifs is 8. The van der Waals surface area contributed by atoms with Crippen molar-refractivity contribution in [3.63, 3.8) is 0 Å². The van der Waals surface area contributed by atoms with Crippen LogP contribution >= 0.6 is 0 Å². The Kier molecular flexibility index (Phi) is 25.1. The summed E-state index contributed by atoms with van der Waals surface area (Å²) in [5.41, 5.74) is 25.5. The molecule has 0 spiro atoms. The van der Waals surface area contributed by atoms with E-state index < -0.39 is 48.5 Å². The van der Waals surface area contributed by atoms with Gasteiger partial charge in [-0.05, 0) is 176 Å². The molecule has 0 aliphatic carbocycles. The minimum absolute atomic E-state index is 0. The maximum Gasteiger partial charge on any atom is 2.00 e. The fourth-order valence-corrected chi connectivity index (χ4v) is 17.7. The van der Waals surface area contributed by atoms with Crippen LogP contribution in [0.3, 0.4) is 0 Å². The third-order valence-corrected chi connectivity index (χ3v) is 24.3. The van der Waals surface area contributed by atoms with Crippen LogP contribution in [0.4, 0.5) is 5.69 Å². The number of benzene rings is 5.